The largest absolute Gasteiger partial charge is 0.0622 e. The van der Waals surface area contributed by atoms with Crippen molar-refractivity contribution in [2.45, 2.75) is 38.0 Å². The second-order valence-electron chi connectivity index (χ2n) is 6.37. The van der Waals surface area contributed by atoms with Crippen molar-refractivity contribution in [3.8, 4) is 0 Å². The van der Waals surface area contributed by atoms with Crippen LogP contribution in [0.3, 0.4) is 0 Å². The van der Waals surface area contributed by atoms with Gasteiger partial charge >= 0.3 is 0 Å². The van der Waals surface area contributed by atoms with Crippen LogP contribution >= 0.6 is 0 Å². The molecule has 1 aromatic carbocycles. The highest BCUT2D eigenvalue weighted by Crippen LogP contribution is 2.59. The molecule has 4 saturated carbocycles. The van der Waals surface area contributed by atoms with Gasteiger partial charge in [0.1, 0.15) is 0 Å². The molecule has 0 spiro atoms. The van der Waals surface area contributed by atoms with Crippen LogP contribution < -0.4 is 0 Å². The highest BCUT2D eigenvalue weighted by molar-refractivity contribution is 5.24. The maximum atomic E-state index is 2.37. The summed E-state index contributed by atoms with van der Waals surface area (Å²) in [4.78, 5) is 0. The van der Waals surface area contributed by atoms with Crippen LogP contribution in [0.25, 0.3) is 0 Å². The van der Waals surface area contributed by atoms with Gasteiger partial charge in [-0.2, -0.15) is 0 Å². The lowest BCUT2D eigenvalue weighted by Gasteiger charge is -2.54. The molecule has 0 aromatic heterocycles. The standard InChI is InChI=1S/C16H20/c1-2-4-13(5-3-1)16-14-7-11-6-12(9-14)10-15(16)8-11/h1-5,11-12,14-16H,6-10H2. The molecule has 4 fully saturated rings. The van der Waals surface area contributed by atoms with E-state index < -0.39 is 0 Å². The Balaban J connectivity index is 1.70. The van der Waals surface area contributed by atoms with Crippen molar-refractivity contribution in [3.05, 3.63) is 35.9 Å². The summed E-state index contributed by atoms with van der Waals surface area (Å²) in [6.07, 6.45) is 7.70. The molecule has 0 aliphatic heterocycles. The molecule has 0 heteroatoms. The molecule has 0 nitrogen and oxygen atoms in total. The fourth-order valence-electron chi connectivity index (χ4n) is 5.14. The molecule has 0 atom stereocenters. The van der Waals surface area contributed by atoms with Crippen molar-refractivity contribution >= 4 is 0 Å². The summed E-state index contributed by atoms with van der Waals surface area (Å²) >= 11 is 0. The van der Waals surface area contributed by atoms with Gasteiger partial charge in [0.25, 0.3) is 0 Å². The molecule has 4 aliphatic carbocycles. The zero-order valence-electron chi connectivity index (χ0n) is 9.81. The van der Waals surface area contributed by atoms with Gasteiger partial charge in [0.15, 0.2) is 0 Å². The van der Waals surface area contributed by atoms with E-state index >= 15 is 0 Å². The third kappa shape index (κ3) is 1.28. The minimum Gasteiger partial charge on any atom is -0.0622 e. The van der Waals surface area contributed by atoms with E-state index in [1.165, 1.54) is 25.7 Å². The van der Waals surface area contributed by atoms with Gasteiger partial charge in [0.2, 0.25) is 0 Å². The first-order chi connectivity index (χ1) is 7.90. The summed E-state index contributed by atoms with van der Waals surface area (Å²) in [7, 11) is 0. The van der Waals surface area contributed by atoms with Gasteiger partial charge in [-0.25, -0.2) is 0 Å². The summed E-state index contributed by atoms with van der Waals surface area (Å²) in [5.74, 6) is 5.16. The van der Waals surface area contributed by atoms with Crippen LogP contribution in [0.5, 0.6) is 0 Å². The Morgan fingerprint density at radius 2 is 1.25 bits per heavy atom. The van der Waals surface area contributed by atoms with Crippen molar-refractivity contribution in [1.82, 2.24) is 0 Å². The first-order valence-electron chi connectivity index (χ1n) is 6.95. The average Bonchev–Trinajstić information content (AvgIpc) is 2.29. The minimum absolute atomic E-state index is 0.911. The van der Waals surface area contributed by atoms with E-state index in [0.29, 0.717) is 0 Å². The summed E-state index contributed by atoms with van der Waals surface area (Å²) in [6.45, 7) is 0. The average molecular weight is 212 g/mol. The SMILES string of the molecule is c1ccc(C2C3CC4CC(C3)CC2C4)cc1. The molecule has 5 rings (SSSR count). The van der Waals surface area contributed by atoms with Gasteiger partial charge < -0.3 is 0 Å². The maximum absolute atomic E-state index is 2.37. The summed E-state index contributed by atoms with van der Waals surface area (Å²) in [5, 5.41) is 0. The number of hydrogen-bond donors (Lipinski definition) is 0. The molecule has 84 valence electrons. The minimum atomic E-state index is 0.911. The first kappa shape index (κ1) is 9.27. The van der Waals surface area contributed by atoms with Crippen LogP contribution in [-0.4, -0.2) is 0 Å². The van der Waals surface area contributed by atoms with Gasteiger partial charge in [0.05, 0.1) is 0 Å². The van der Waals surface area contributed by atoms with E-state index in [2.05, 4.69) is 30.3 Å². The zero-order chi connectivity index (χ0) is 10.5. The van der Waals surface area contributed by atoms with Gasteiger partial charge in [-0.05, 0) is 67.3 Å². The zero-order valence-corrected chi connectivity index (χ0v) is 9.81. The Morgan fingerprint density at radius 1 is 0.688 bits per heavy atom. The Morgan fingerprint density at radius 3 is 1.81 bits per heavy atom. The molecule has 4 bridgehead atoms. The summed E-state index contributed by atoms with van der Waals surface area (Å²) < 4.78 is 0. The molecule has 1 aromatic rings. The van der Waals surface area contributed by atoms with E-state index in [0.717, 1.165) is 29.6 Å². The molecular weight excluding hydrogens is 192 g/mol. The van der Waals surface area contributed by atoms with Gasteiger partial charge in [0, 0.05) is 0 Å². The van der Waals surface area contributed by atoms with Gasteiger partial charge in [-0.15, -0.1) is 0 Å². The van der Waals surface area contributed by atoms with Gasteiger partial charge in [-0.3, -0.25) is 0 Å². The second-order valence-corrected chi connectivity index (χ2v) is 6.37. The highest BCUT2D eigenvalue weighted by Gasteiger charge is 2.48. The third-order valence-corrected chi connectivity index (χ3v) is 5.41. The van der Waals surface area contributed by atoms with Crippen LogP contribution in [0.1, 0.15) is 43.6 Å². The van der Waals surface area contributed by atoms with Gasteiger partial charge in [-0.1, -0.05) is 30.3 Å². The smallest absolute Gasteiger partial charge is 0.0105 e. The van der Waals surface area contributed by atoms with Crippen LogP contribution in [0.15, 0.2) is 30.3 Å². The molecule has 0 saturated heterocycles. The van der Waals surface area contributed by atoms with Crippen LogP contribution in [0.4, 0.5) is 0 Å². The Hall–Kier alpha value is -0.780. The molecule has 0 unspecified atom stereocenters. The molecule has 0 radical (unpaired) electrons. The summed E-state index contributed by atoms with van der Waals surface area (Å²) in [6, 6.07) is 11.3. The summed E-state index contributed by atoms with van der Waals surface area (Å²) in [5.41, 5.74) is 1.64. The van der Waals surface area contributed by atoms with Crippen LogP contribution in [-0.2, 0) is 0 Å². The third-order valence-electron chi connectivity index (χ3n) is 5.41. The van der Waals surface area contributed by atoms with Crippen LogP contribution in [0.2, 0.25) is 0 Å². The second kappa shape index (κ2) is 3.35. The van der Waals surface area contributed by atoms with Crippen molar-refractivity contribution < 1.29 is 0 Å². The monoisotopic (exact) mass is 212 g/mol. The number of benzene rings is 1. The topological polar surface area (TPSA) is 0 Å². The normalized spacial score (nSPS) is 44.9. The number of hydrogen-bond acceptors (Lipinski definition) is 0. The quantitative estimate of drug-likeness (QED) is 0.653. The Labute approximate surface area is 98.1 Å². The van der Waals surface area contributed by atoms with Crippen molar-refractivity contribution in [1.29, 1.82) is 0 Å². The molecule has 4 aliphatic rings. The van der Waals surface area contributed by atoms with E-state index in [9.17, 15) is 0 Å². The molecular formula is C16H20. The number of rotatable bonds is 1. The van der Waals surface area contributed by atoms with Crippen LogP contribution in [0, 0.1) is 23.7 Å². The van der Waals surface area contributed by atoms with Crippen molar-refractivity contribution in [3.63, 3.8) is 0 Å². The predicted octanol–water partition coefficient (Wildman–Crippen LogP) is 4.23. The molecule has 0 N–H and O–H groups in total. The fraction of sp³-hybridized carbons (Fsp3) is 0.625. The van der Waals surface area contributed by atoms with E-state index in [4.69, 9.17) is 0 Å². The van der Waals surface area contributed by atoms with E-state index in [1.54, 1.807) is 12.0 Å². The lowest BCUT2D eigenvalue weighted by atomic mass is 9.51. The molecule has 0 amide bonds. The van der Waals surface area contributed by atoms with Crippen molar-refractivity contribution in [2.24, 2.45) is 23.7 Å². The first-order valence-corrected chi connectivity index (χ1v) is 6.95. The Kier molecular flexibility index (Phi) is 1.94. The Bertz CT molecular complexity index is 350. The molecule has 0 heterocycles. The fourth-order valence-corrected chi connectivity index (χ4v) is 5.14. The van der Waals surface area contributed by atoms with E-state index in [-0.39, 0.29) is 0 Å². The molecule has 16 heavy (non-hydrogen) atoms. The lowest BCUT2D eigenvalue weighted by Crippen LogP contribution is -2.43. The highest BCUT2D eigenvalue weighted by atomic mass is 14.5. The lowest BCUT2D eigenvalue weighted by molar-refractivity contribution is -0.00277. The predicted molar refractivity (Wildman–Crippen MR) is 66.2 cm³/mol. The van der Waals surface area contributed by atoms with Crippen molar-refractivity contribution in [2.75, 3.05) is 0 Å². The van der Waals surface area contributed by atoms with E-state index in [1.807, 2.05) is 0 Å². The maximum Gasteiger partial charge on any atom is -0.0105 e.